The number of halogens is 1. The number of pyridine rings is 1. The van der Waals surface area contributed by atoms with E-state index in [4.69, 9.17) is 0 Å². The van der Waals surface area contributed by atoms with Gasteiger partial charge in [0.2, 0.25) is 5.91 Å². The third-order valence-corrected chi connectivity index (χ3v) is 4.14. The molecule has 2 rings (SSSR count). The minimum absolute atomic E-state index is 0.00675. The van der Waals surface area contributed by atoms with Gasteiger partial charge < -0.3 is 5.32 Å². The van der Waals surface area contributed by atoms with Gasteiger partial charge >= 0.3 is 0 Å². The fraction of sp³-hybridized carbons (Fsp3) is 0.200. The average Bonchev–Trinajstić information content (AvgIpc) is 2.41. The number of thioether (sulfide) groups is 1. The molecule has 0 bridgehead atoms. The Morgan fingerprint density at radius 2 is 2.05 bits per heavy atom. The summed E-state index contributed by atoms with van der Waals surface area (Å²) >= 11 is 5.07. The highest BCUT2D eigenvalue weighted by atomic mass is 79.9. The van der Waals surface area contributed by atoms with Gasteiger partial charge in [0.05, 0.1) is 0 Å². The first-order chi connectivity index (χ1) is 9.63. The minimum Gasteiger partial charge on any atom is -0.311 e. The van der Waals surface area contributed by atoms with Crippen molar-refractivity contribution in [2.75, 3.05) is 11.1 Å². The number of aromatic nitrogens is 1. The highest BCUT2D eigenvalue weighted by Crippen LogP contribution is 2.21. The number of carbonyl (C=O) groups is 1. The van der Waals surface area contributed by atoms with E-state index in [1.165, 1.54) is 0 Å². The predicted molar refractivity (Wildman–Crippen MR) is 87.1 cm³/mol. The molecule has 1 aromatic heterocycles. The summed E-state index contributed by atoms with van der Waals surface area (Å²) in [6, 6.07) is 11.8. The average molecular weight is 351 g/mol. The van der Waals surface area contributed by atoms with Crippen molar-refractivity contribution in [3.05, 3.63) is 52.6 Å². The summed E-state index contributed by atoms with van der Waals surface area (Å²) in [5, 5.41) is 2.81. The van der Waals surface area contributed by atoms with Crippen LogP contribution in [0.4, 0.5) is 5.82 Å². The van der Waals surface area contributed by atoms with Crippen LogP contribution < -0.4 is 5.32 Å². The maximum Gasteiger partial charge on any atom is 0.226 e. The van der Waals surface area contributed by atoms with Crippen molar-refractivity contribution >= 4 is 39.4 Å². The largest absolute Gasteiger partial charge is 0.311 e. The van der Waals surface area contributed by atoms with E-state index < -0.39 is 0 Å². The Hall–Kier alpha value is -1.33. The maximum atomic E-state index is 11.8. The number of hydrogen-bond acceptors (Lipinski definition) is 3. The number of rotatable bonds is 5. The number of nitrogens with zero attached hydrogens (tertiary/aromatic N) is 1. The van der Waals surface area contributed by atoms with Gasteiger partial charge in [-0.2, -0.15) is 0 Å². The minimum atomic E-state index is -0.00675. The highest BCUT2D eigenvalue weighted by Gasteiger charge is 2.04. The van der Waals surface area contributed by atoms with Crippen LogP contribution in [0.1, 0.15) is 12.0 Å². The molecule has 3 nitrogen and oxygen atoms in total. The lowest BCUT2D eigenvalue weighted by atomic mass is 10.3. The van der Waals surface area contributed by atoms with E-state index in [0.717, 1.165) is 20.7 Å². The maximum absolute atomic E-state index is 11.8. The summed E-state index contributed by atoms with van der Waals surface area (Å²) in [6.07, 6.45) is 2.16. The summed E-state index contributed by atoms with van der Waals surface area (Å²) in [6.45, 7) is 1.97. The summed E-state index contributed by atoms with van der Waals surface area (Å²) in [5.74, 6) is 1.36. The Bertz CT molecular complexity index is 587. The molecule has 0 aliphatic heterocycles. The van der Waals surface area contributed by atoms with E-state index >= 15 is 0 Å². The van der Waals surface area contributed by atoms with Crippen molar-refractivity contribution < 1.29 is 4.79 Å². The molecule has 1 heterocycles. The van der Waals surface area contributed by atoms with E-state index in [2.05, 4.69) is 26.2 Å². The monoisotopic (exact) mass is 350 g/mol. The Morgan fingerprint density at radius 1 is 1.30 bits per heavy atom. The molecule has 2 aromatic rings. The molecule has 1 N–H and O–H groups in total. The van der Waals surface area contributed by atoms with E-state index in [9.17, 15) is 4.79 Å². The third kappa shape index (κ3) is 4.98. The molecule has 0 saturated carbocycles. The molecular weight excluding hydrogens is 336 g/mol. The molecule has 0 aliphatic carbocycles. The van der Waals surface area contributed by atoms with Crippen molar-refractivity contribution in [1.82, 2.24) is 4.98 Å². The van der Waals surface area contributed by atoms with Crippen LogP contribution in [0.25, 0.3) is 0 Å². The molecule has 0 aliphatic rings. The van der Waals surface area contributed by atoms with Gasteiger partial charge in [-0.3, -0.25) is 4.79 Å². The lowest BCUT2D eigenvalue weighted by Crippen LogP contribution is -2.13. The summed E-state index contributed by atoms with van der Waals surface area (Å²) in [5.41, 5.74) is 1.08. The quantitative estimate of drug-likeness (QED) is 0.818. The third-order valence-electron chi connectivity index (χ3n) is 2.59. The molecule has 20 heavy (non-hydrogen) atoms. The standard InChI is InChI=1S/C15H15BrN2OS/c1-11-6-8-17-14(10-11)18-15(19)7-9-20-13-4-2-12(16)3-5-13/h2-6,8,10H,7,9H2,1H3,(H,17,18,19). The molecule has 0 atom stereocenters. The Balaban J connectivity index is 1.76. The number of nitrogens with one attached hydrogen (secondary N) is 1. The normalized spacial score (nSPS) is 10.3. The van der Waals surface area contributed by atoms with Gasteiger partial charge in [-0.25, -0.2) is 4.98 Å². The lowest BCUT2D eigenvalue weighted by Gasteiger charge is -2.05. The smallest absolute Gasteiger partial charge is 0.226 e. The van der Waals surface area contributed by atoms with Crippen LogP contribution in [-0.4, -0.2) is 16.6 Å². The molecule has 1 amide bonds. The molecule has 0 fully saturated rings. The van der Waals surface area contributed by atoms with Crippen molar-refractivity contribution in [3.63, 3.8) is 0 Å². The highest BCUT2D eigenvalue weighted by molar-refractivity contribution is 9.10. The van der Waals surface area contributed by atoms with E-state index in [1.54, 1.807) is 18.0 Å². The van der Waals surface area contributed by atoms with Gasteiger partial charge in [0.1, 0.15) is 5.82 Å². The first-order valence-corrected chi connectivity index (χ1v) is 8.02. The first-order valence-electron chi connectivity index (χ1n) is 6.24. The Morgan fingerprint density at radius 3 is 2.75 bits per heavy atom. The number of carbonyl (C=O) groups excluding carboxylic acids is 1. The number of amides is 1. The molecule has 0 unspecified atom stereocenters. The zero-order valence-electron chi connectivity index (χ0n) is 11.1. The van der Waals surface area contributed by atoms with Crippen molar-refractivity contribution in [2.45, 2.75) is 18.2 Å². The van der Waals surface area contributed by atoms with Gasteiger partial charge in [0.25, 0.3) is 0 Å². The Labute approximate surface area is 131 Å². The van der Waals surface area contributed by atoms with Gasteiger partial charge in [0.15, 0.2) is 0 Å². The second-order valence-corrected chi connectivity index (χ2v) is 6.40. The van der Waals surface area contributed by atoms with Crippen molar-refractivity contribution in [3.8, 4) is 0 Å². The zero-order valence-corrected chi connectivity index (χ0v) is 13.5. The topological polar surface area (TPSA) is 42.0 Å². The van der Waals surface area contributed by atoms with Crippen LogP contribution in [-0.2, 0) is 4.79 Å². The van der Waals surface area contributed by atoms with E-state index in [0.29, 0.717) is 12.2 Å². The molecular formula is C15H15BrN2OS. The van der Waals surface area contributed by atoms with Gasteiger partial charge in [-0.1, -0.05) is 15.9 Å². The lowest BCUT2D eigenvalue weighted by molar-refractivity contribution is -0.115. The summed E-state index contributed by atoms with van der Waals surface area (Å²) in [7, 11) is 0. The molecule has 0 radical (unpaired) electrons. The Kier molecular flexibility index (Phi) is 5.61. The van der Waals surface area contributed by atoms with Gasteiger partial charge in [-0.05, 0) is 48.9 Å². The summed E-state index contributed by atoms with van der Waals surface area (Å²) in [4.78, 5) is 17.1. The van der Waals surface area contributed by atoms with Crippen molar-refractivity contribution in [1.29, 1.82) is 0 Å². The van der Waals surface area contributed by atoms with Crippen LogP contribution in [0, 0.1) is 6.92 Å². The van der Waals surface area contributed by atoms with Crippen molar-refractivity contribution in [2.24, 2.45) is 0 Å². The number of anilines is 1. The number of aryl methyl sites for hydroxylation is 1. The second kappa shape index (κ2) is 7.45. The predicted octanol–water partition coefficient (Wildman–Crippen LogP) is 4.27. The molecule has 0 spiro atoms. The summed E-state index contributed by atoms with van der Waals surface area (Å²) < 4.78 is 1.06. The fourth-order valence-electron chi connectivity index (χ4n) is 1.60. The van der Waals surface area contributed by atoms with Crippen LogP contribution >= 0.6 is 27.7 Å². The van der Waals surface area contributed by atoms with E-state index in [1.807, 2.05) is 43.3 Å². The van der Waals surface area contributed by atoms with Crippen LogP contribution in [0.3, 0.4) is 0 Å². The van der Waals surface area contributed by atoms with Crippen LogP contribution in [0.2, 0.25) is 0 Å². The molecule has 104 valence electrons. The zero-order chi connectivity index (χ0) is 14.4. The molecule has 5 heteroatoms. The number of hydrogen-bond donors (Lipinski definition) is 1. The van der Waals surface area contributed by atoms with Crippen LogP contribution in [0.15, 0.2) is 52.0 Å². The molecule has 0 saturated heterocycles. The van der Waals surface area contributed by atoms with Gasteiger partial charge in [0, 0.05) is 27.7 Å². The van der Waals surface area contributed by atoms with E-state index in [-0.39, 0.29) is 5.91 Å². The second-order valence-electron chi connectivity index (χ2n) is 4.32. The number of benzene rings is 1. The first kappa shape index (κ1) is 15.1. The van der Waals surface area contributed by atoms with Crippen LogP contribution in [0.5, 0.6) is 0 Å². The SMILES string of the molecule is Cc1ccnc(NC(=O)CCSc2ccc(Br)cc2)c1. The molecule has 1 aromatic carbocycles. The van der Waals surface area contributed by atoms with Gasteiger partial charge in [-0.15, -0.1) is 11.8 Å². The fourth-order valence-corrected chi connectivity index (χ4v) is 2.72.